The second-order valence-corrected chi connectivity index (χ2v) is 8.61. The lowest BCUT2D eigenvalue weighted by atomic mass is 10.1. The molecular weight excluding hydrogens is 474 g/mol. The van der Waals surface area contributed by atoms with Gasteiger partial charge in [-0.3, -0.25) is 4.79 Å². The lowest BCUT2D eigenvalue weighted by Crippen LogP contribution is -2.44. The van der Waals surface area contributed by atoms with Crippen LogP contribution in [0.1, 0.15) is 5.56 Å². The number of carbonyl (C=O) groups excluding carboxylic acids is 1. The molecule has 35 heavy (non-hydrogen) atoms. The number of sulfonamides is 1. The van der Waals surface area contributed by atoms with Crippen LogP contribution in [-0.4, -0.2) is 43.1 Å². The number of azo groups is 1. The fraction of sp³-hybridized carbons (Fsp3) is 0.130. The van der Waals surface area contributed by atoms with E-state index in [1.807, 2.05) is 18.2 Å². The highest BCUT2D eigenvalue weighted by atomic mass is 32.2. The number of nitrogens with two attached hydrogens (primary N) is 2. The van der Waals surface area contributed by atoms with E-state index in [9.17, 15) is 18.0 Å². The fourth-order valence-corrected chi connectivity index (χ4v) is 3.38. The van der Waals surface area contributed by atoms with E-state index >= 15 is 0 Å². The number of aromatic hydroxyl groups is 1. The number of aliphatic carboxylic acids is 1. The molecule has 0 aliphatic carbocycles. The molecule has 12 heteroatoms. The van der Waals surface area contributed by atoms with Crippen molar-refractivity contribution < 1.29 is 28.2 Å². The average Bonchev–Trinajstić information content (AvgIpc) is 2.84. The van der Waals surface area contributed by atoms with Crippen LogP contribution in [0.2, 0.25) is 0 Å². The van der Waals surface area contributed by atoms with Gasteiger partial charge >= 0.3 is 5.97 Å². The van der Waals surface area contributed by atoms with Gasteiger partial charge in [-0.2, -0.15) is 5.11 Å². The summed E-state index contributed by atoms with van der Waals surface area (Å²) in [6, 6.07) is 20.3. The number of carboxylic acids is 1. The number of phenolic OH excluding ortho intramolecular Hbond substituents is 1. The molecule has 1 amide bonds. The van der Waals surface area contributed by atoms with Crippen LogP contribution >= 0.6 is 0 Å². The van der Waals surface area contributed by atoms with Gasteiger partial charge in [0.25, 0.3) is 0 Å². The Morgan fingerprint density at radius 2 is 1.51 bits per heavy atom. The van der Waals surface area contributed by atoms with E-state index in [0.29, 0.717) is 11.3 Å². The van der Waals surface area contributed by atoms with E-state index in [-0.39, 0.29) is 29.3 Å². The number of phenols is 1. The number of hydrogen-bond acceptors (Lipinski definition) is 8. The van der Waals surface area contributed by atoms with Crippen molar-refractivity contribution >= 4 is 33.3 Å². The molecule has 3 rings (SSSR count). The summed E-state index contributed by atoms with van der Waals surface area (Å²) in [6.45, 7) is -0.251. The van der Waals surface area contributed by atoms with Gasteiger partial charge < -0.3 is 21.3 Å². The van der Waals surface area contributed by atoms with Crippen molar-refractivity contribution in [2.24, 2.45) is 21.1 Å². The van der Waals surface area contributed by atoms with Gasteiger partial charge in [-0.1, -0.05) is 42.5 Å². The van der Waals surface area contributed by atoms with E-state index in [2.05, 4.69) is 15.5 Å². The van der Waals surface area contributed by atoms with Crippen LogP contribution in [0.25, 0.3) is 0 Å². The molecule has 184 valence electrons. The second kappa shape index (κ2) is 12.9. The largest absolute Gasteiger partial charge is 0.508 e. The lowest BCUT2D eigenvalue weighted by molar-refractivity contribution is -0.141. The third kappa shape index (κ3) is 9.33. The van der Waals surface area contributed by atoms with Gasteiger partial charge in [0.2, 0.25) is 15.9 Å². The number of nitrogens with one attached hydrogen (secondary N) is 1. The Morgan fingerprint density at radius 3 is 2.09 bits per heavy atom. The molecule has 0 aromatic heterocycles. The number of amides is 1. The first kappa shape index (κ1) is 27.1. The Morgan fingerprint density at radius 1 is 0.914 bits per heavy atom. The number of carbonyl (C=O) groups is 2. The van der Waals surface area contributed by atoms with Gasteiger partial charge in [0.1, 0.15) is 22.4 Å². The number of benzene rings is 3. The average molecular weight is 500 g/mol. The van der Waals surface area contributed by atoms with Crippen LogP contribution in [0, 0.1) is 0 Å². The highest BCUT2D eigenvalue weighted by Gasteiger charge is 2.19. The number of primary sulfonamides is 1. The molecule has 0 saturated heterocycles. The smallest absolute Gasteiger partial charge is 0.326 e. The van der Waals surface area contributed by atoms with Crippen LogP contribution in [0.4, 0.5) is 11.4 Å². The number of nitrogens with zero attached hydrogens (tertiary/aromatic N) is 2. The Kier molecular flexibility index (Phi) is 10.0. The number of rotatable bonds is 8. The standard InChI is InChI=1S/C12H11N3O2S.C11H14N2O4/c13-18(16,17)12-9-5-4-8-11(12)15-14-10-6-2-1-3-7-10;12-6-10(15)13-9(11(16)17)5-7-1-3-8(14)4-2-7/h1-9H,(H2,13,16,17);1-4,9,14H,5-6,12H2,(H,13,15)(H,16,17)/t;9-/m.0/s1. The molecule has 0 aliphatic rings. The monoisotopic (exact) mass is 499 g/mol. The Balaban J connectivity index is 0.000000247. The summed E-state index contributed by atoms with van der Waals surface area (Å²) in [5, 5.41) is 33.3. The molecule has 0 bridgehead atoms. The van der Waals surface area contributed by atoms with Crippen LogP contribution in [0.5, 0.6) is 5.75 Å². The third-order valence-electron chi connectivity index (χ3n) is 4.40. The number of hydrogen-bond donors (Lipinski definition) is 5. The molecular formula is C23H25N5O6S. The Hall–Kier alpha value is -4.13. The van der Waals surface area contributed by atoms with Crippen molar-refractivity contribution in [2.75, 3.05) is 6.54 Å². The molecule has 3 aromatic carbocycles. The minimum atomic E-state index is -3.79. The lowest BCUT2D eigenvalue weighted by Gasteiger charge is -2.13. The molecule has 1 atom stereocenters. The summed E-state index contributed by atoms with van der Waals surface area (Å²) < 4.78 is 22.7. The van der Waals surface area contributed by atoms with E-state index < -0.39 is 27.9 Å². The van der Waals surface area contributed by atoms with Gasteiger partial charge in [-0.05, 0) is 42.0 Å². The fourth-order valence-electron chi connectivity index (χ4n) is 2.71. The van der Waals surface area contributed by atoms with Gasteiger partial charge in [0.05, 0.1) is 12.2 Å². The van der Waals surface area contributed by atoms with Gasteiger partial charge in [-0.15, -0.1) is 5.11 Å². The van der Waals surface area contributed by atoms with E-state index in [4.69, 9.17) is 21.1 Å². The van der Waals surface area contributed by atoms with E-state index in [1.54, 1.807) is 42.5 Å². The molecule has 0 radical (unpaired) electrons. The van der Waals surface area contributed by atoms with Crippen molar-refractivity contribution in [1.82, 2.24) is 5.32 Å². The highest BCUT2D eigenvalue weighted by molar-refractivity contribution is 7.89. The van der Waals surface area contributed by atoms with Gasteiger partial charge in [0.15, 0.2) is 0 Å². The SMILES string of the molecule is NCC(=O)N[C@@H](Cc1ccc(O)cc1)C(=O)O.NS(=O)(=O)c1ccccc1N=Nc1ccccc1. The van der Waals surface area contributed by atoms with Crippen LogP contribution in [0.3, 0.4) is 0 Å². The molecule has 11 nitrogen and oxygen atoms in total. The Bertz CT molecular complexity index is 1270. The predicted octanol–water partition coefficient (Wildman–Crippen LogP) is 2.21. The molecule has 0 saturated carbocycles. The normalized spacial score (nSPS) is 11.8. The molecule has 7 N–H and O–H groups in total. The van der Waals surface area contributed by atoms with Crippen molar-refractivity contribution in [2.45, 2.75) is 17.4 Å². The van der Waals surface area contributed by atoms with Gasteiger partial charge in [0, 0.05) is 6.42 Å². The first-order chi connectivity index (χ1) is 16.6. The van der Waals surface area contributed by atoms with Crippen LogP contribution < -0.4 is 16.2 Å². The van der Waals surface area contributed by atoms with E-state index in [0.717, 1.165) is 0 Å². The molecule has 0 unspecified atom stereocenters. The summed E-state index contributed by atoms with van der Waals surface area (Å²) >= 11 is 0. The Labute approximate surface area is 202 Å². The summed E-state index contributed by atoms with van der Waals surface area (Å²) in [5.41, 5.74) is 6.66. The topological polar surface area (TPSA) is 198 Å². The zero-order valence-electron chi connectivity index (χ0n) is 18.5. The van der Waals surface area contributed by atoms with E-state index in [1.165, 1.54) is 18.2 Å². The minimum Gasteiger partial charge on any atom is -0.508 e. The van der Waals surface area contributed by atoms with Crippen LogP contribution in [-0.2, 0) is 26.0 Å². The molecule has 0 heterocycles. The van der Waals surface area contributed by atoms with Crippen LogP contribution in [0.15, 0.2) is 94.0 Å². The summed E-state index contributed by atoms with van der Waals surface area (Å²) in [4.78, 5) is 21.9. The van der Waals surface area contributed by atoms with Crippen molar-refractivity contribution in [3.63, 3.8) is 0 Å². The molecule has 0 spiro atoms. The first-order valence-electron chi connectivity index (χ1n) is 10.2. The zero-order valence-corrected chi connectivity index (χ0v) is 19.3. The first-order valence-corrected chi connectivity index (χ1v) is 11.7. The third-order valence-corrected chi connectivity index (χ3v) is 5.35. The zero-order chi connectivity index (χ0) is 25.8. The summed E-state index contributed by atoms with van der Waals surface area (Å²) in [5.74, 6) is -1.54. The van der Waals surface area contributed by atoms with Gasteiger partial charge in [-0.25, -0.2) is 18.4 Å². The maximum Gasteiger partial charge on any atom is 0.326 e. The number of carboxylic acid groups (broad SMARTS) is 1. The summed E-state index contributed by atoms with van der Waals surface area (Å²) in [6.07, 6.45) is 0.140. The predicted molar refractivity (Wildman–Crippen MR) is 129 cm³/mol. The maximum absolute atomic E-state index is 11.3. The highest BCUT2D eigenvalue weighted by Crippen LogP contribution is 2.24. The van der Waals surface area contributed by atoms with Crippen molar-refractivity contribution in [3.05, 3.63) is 84.4 Å². The minimum absolute atomic E-state index is 0.0373. The second-order valence-electron chi connectivity index (χ2n) is 7.08. The maximum atomic E-state index is 11.3. The molecule has 3 aromatic rings. The molecule has 0 fully saturated rings. The molecule has 0 aliphatic heterocycles. The van der Waals surface area contributed by atoms with Crippen molar-refractivity contribution in [3.8, 4) is 5.75 Å². The summed E-state index contributed by atoms with van der Waals surface area (Å²) in [7, 11) is -3.79. The van der Waals surface area contributed by atoms with Crippen molar-refractivity contribution in [1.29, 1.82) is 0 Å². The quantitative estimate of drug-likeness (QED) is 0.293.